The molecule has 0 fully saturated rings. The molecular weight excluding hydrogens is 492 g/mol. The highest BCUT2D eigenvalue weighted by molar-refractivity contribution is 7.18. The monoisotopic (exact) mass is 520 g/mol. The van der Waals surface area contributed by atoms with Crippen LogP contribution in [0.1, 0.15) is 33.6 Å². The molecule has 35 heavy (non-hydrogen) atoms. The lowest BCUT2D eigenvalue weighted by molar-refractivity contribution is -0.142. The second kappa shape index (κ2) is 12.7. The summed E-state index contributed by atoms with van der Waals surface area (Å²) < 4.78 is 4.98. The van der Waals surface area contributed by atoms with E-state index in [1.54, 1.807) is 12.1 Å². The molecule has 3 amide bonds. The average molecular weight is 521 g/mol. The number of methoxy groups -OCH3 is 1. The van der Waals surface area contributed by atoms with Crippen molar-refractivity contribution in [3.63, 3.8) is 0 Å². The number of nitrogens with one attached hydrogen (secondary N) is 3. The summed E-state index contributed by atoms with van der Waals surface area (Å²) in [5.74, 6) is -1.89. The highest BCUT2D eigenvalue weighted by Crippen LogP contribution is 2.22. The number of halogens is 1. The van der Waals surface area contributed by atoms with Gasteiger partial charge in [0, 0.05) is 31.7 Å². The number of rotatable bonds is 9. The van der Waals surface area contributed by atoms with Gasteiger partial charge in [0.2, 0.25) is 11.8 Å². The van der Waals surface area contributed by atoms with Gasteiger partial charge in [0.1, 0.15) is 6.04 Å². The maximum absolute atomic E-state index is 13.1. The van der Waals surface area contributed by atoms with E-state index in [9.17, 15) is 19.2 Å². The molecule has 2 aromatic rings. The van der Waals surface area contributed by atoms with Crippen LogP contribution in [0, 0.1) is 0 Å². The van der Waals surface area contributed by atoms with Crippen LogP contribution in [-0.2, 0) is 32.0 Å². The van der Waals surface area contributed by atoms with Gasteiger partial charge in [0.25, 0.3) is 5.91 Å². The molecule has 0 unspecified atom stereocenters. The van der Waals surface area contributed by atoms with E-state index in [-0.39, 0.29) is 19.4 Å². The minimum Gasteiger partial charge on any atom is -0.469 e. The zero-order chi connectivity index (χ0) is 25.4. The number of ether oxygens (including phenoxy) is 1. The Morgan fingerprint density at radius 1 is 1.09 bits per heavy atom. The minimum atomic E-state index is -1.05. The van der Waals surface area contributed by atoms with Crippen LogP contribution in [0.3, 0.4) is 0 Å². The molecule has 0 aliphatic carbocycles. The molecule has 1 atom stereocenters. The molecule has 0 saturated heterocycles. The van der Waals surface area contributed by atoms with Crippen molar-refractivity contribution in [3.05, 3.63) is 50.7 Å². The molecule has 11 heteroatoms. The number of hydrogen-bond donors (Lipinski definition) is 3. The Bertz CT molecular complexity index is 1090. The first-order valence-corrected chi connectivity index (χ1v) is 12.5. The molecule has 1 aliphatic rings. The fraction of sp³-hybridized carbons (Fsp3) is 0.417. The number of fused-ring (bicyclic) bond motifs is 1. The SMILES string of the molecule is COC(=O)CCC(=O)NC[C@@H](NC(=O)c1ccc(Cl)s1)C(=O)Nc1ccc2c(c1)CCN(C)CC2. The van der Waals surface area contributed by atoms with Crippen LogP contribution < -0.4 is 16.0 Å². The Morgan fingerprint density at radius 3 is 2.51 bits per heavy atom. The normalized spacial score (nSPS) is 14.3. The molecular formula is C24H29ClN4O5S. The van der Waals surface area contributed by atoms with Crippen LogP contribution in [-0.4, -0.2) is 68.4 Å². The van der Waals surface area contributed by atoms with E-state index in [1.807, 2.05) is 18.2 Å². The largest absolute Gasteiger partial charge is 0.469 e. The summed E-state index contributed by atoms with van der Waals surface area (Å²) in [6.07, 6.45) is 1.66. The van der Waals surface area contributed by atoms with Gasteiger partial charge in [0.15, 0.2) is 0 Å². The molecule has 0 bridgehead atoms. The average Bonchev–Trinajstić information content (AvgIpc) is 3.20. The van der Waals surface area contributed by atoms with Crippen molar-refractivity contribution >= 4 is 52.3 Å². The lowest BCUT2D eigenvalue weighted by Gasteiger charge is -2.19. The van der Waals surface area contributed by atoms with Gasteiger partial charge in [-0.05, 0) is 55.3 Å². The smallest absolute Gasteiger partial charge is 0.306 e. The lowest BCUT2D eigenvalue weighted by Crippen LogP contribution is -2.50. The Kier molecular flexibility index (Phi) is 9.64. The Balaban J connectivity index is 1.68. The lowest BCUT2D eigenvalue weighted by atomic mass is 10.0. The topological polar surface area (TPSA) is 117 Å². The zero-order valence-electron chi connectivity index (χ0n) is 19.7. The molecule has 188 valence electrons. The van der Waals surface area contributed by atoms with Crippen molar-refractivity contribution in [3.8, 4) is 0 Å². The second-order valence-electron chi connectivity index (χ2n) is 8.29. The van der Waals surface area contributed by atoms with E-state index in [1.165, 1.54) is 18.2 Å². The molecule has 1 aromatic heterocycles. The minimum absolute atomic E-state index is 0.0798. The number of likely N-dealkylation sites (N-methyl/N-ethyl adjacent to an activating group) is 1. The number of anilines is 1. The number of carbonyl (C=O) groups excluding carboxylic acids is 4. The van der Waals surface area contributed by atoms with Crippen LogP contribution in [0.4, 0.5) is 5.69 Å². The summed E-state index contributed by atoms with van der Waals surface area (Å²) in [4.78, 5) is 51.8. The van der Waals surface area contributed by atoms with Crippen LogP contribution in [0.5, 0.6) is 0 Å². The zero-order valence-corrected chi connectivity index (χ0v) is 21.3. The van der Waals surface area contributed by atoms with Crippen molar-refractivity contribution in [2.24, 2.45) is 0 Å². The number of amides is 3. The number of thiophene rings is 1. The fourth-order valence-electron chi connectivity index (χ4n) is 3.64. The predicted molar refractivity (Wildman–Crippen MR) is 135 cm³/mol. The van der Waals surface area contributed by atoms with Gasteiger partial charge >= 0.3 is 5.97 Å². The number of nitrogens with zero attached hydrogens (tertiary/aromatic N) is 1. The first-order chi connectivity index (χ1) is 16.7. The van der Waals surface area contributed by atoms with Gasteiger partial charge in [-0.25, -0.2) is 0 Å². The van der Waals surface area contributed by atoms with Crippen LogP contribution >= 0.6 is 22.9 Å². The molecule has 2 heterocycles. The van der Waals surface area contributed by atoms with Crippen molar-refractivity contribution in [1.29, 1.82) is 0 Å². The molecule has 3 N–H and O–H groups in total. The van der Waals surface area contributed by atoms with Crippen molar-refractivity contribution < 1.29 is 23.9 Å². The maximum atomic E-state index is 13.1. The molecule has 1 aromatic carbocycles. The van der Waals surface area contributed by atoms with Gasteiger partial charge in [0.05, 0.1) is 22.7 Å². The second-order valence-corrected chi connectivity index (χ2v) is 10.0. The van der Waals surface area contributed by atoms with Gasteiger partial charge in [-0.2, -0.15) is 0 Å². The van der Waals surface area contributed by atoms with E-state index in [4.69, 9.17) is 11.6 Å². The van der Waals surface area contributed by atoms with E-state index in [2.05, 4.69) is 32.6 Å². The Morgan fingerprint density at radius 2 is 1.83 bits per heavy atom. The first-order valence-electron chi connectivity index (χ1n) is 11.3. The summed E-state index contributed by atoms with van der Waals surface area (Å²) in [6, 6.07) is 7.93. The fourth-order valence-corrected chi connectivity index (χ4v) is 4.59. The molecule has 1 aliphatic heterocycles. The number of carbonyl (C=O) groups is 4. The predicted octanol–water partition coefficient (Wildman–Crippen LogP) is 2.24. The van der Waals surface area contributed by atoms with Crippen molar-refractivity contribution in [2.75, 3.05) is 39.1 Å². The first kappa shape index (κ1) is 26.7. The molecule has 0 saturated carbocycles. The summed E-state index contributed by atoms with van der Waals surface area (Å²) in [6.45, 7) is 1.77. The third-order valence-corrected chi connectivity index (χ3v) is 6.94. The van der Waals surface area contributed by atoms with Gasteiger partial charge < -0.3 is 25.6 Å². The van der Waals surface area contributed by atoms with Crippen molar-refractivity contribution in [1.82, 2.24) is 15.5 Å². The molecule has 9 nitrogen and oxygen atoms in total. The van der Waals surface area contributed by atoms with Crippen LogP contribution in [0.25, 0.3) is 0 Å². The molecule has 0 spiro atoms. The maximum Gasteiger partial charge on any atom is 0.306 e. The summed E-state index contributed by atoms with van der Waals surface area (Å²) in [7, 11) is 3.33. The van der Waals surface area contributed by atoms with E-state index < -0.39 is 29.7 Å². The van der Waals surface area contributed by atoms with E-state index >= 15 is 0 Å². The number of benzene rings is 1. The molecule has 0 radical (unpaired) electrons. The third kappa shape index (κ3) is 8.05. The highest BCUT2D eigenvalue weighted by Gasteiger charge is 2.24. The van der Waals surface area contributed by atoms with Crippen LogP contribution in [0.15, 0.2) is 30.3 Å². The van der Waals surface area contributed by atoms with E-state index in [0.717, 1.165) is 37.3 Å². The van der Waals surface area contributed by atoms with Crippen LogP contribution in [0.2, 0.25) is 4.34 Å². The molecule has 3 rings (SSSR count). The summed E-state index contributed by atoms with van der Waals surface area (Å²) in [5, 5.41) is 8.12. The summed E-state index contributed by atoms with van der Waals surface area (Å²) in [5.41, 5.74) is 3.05. The Hall–Kier alpha value is -2.95. The number of esters is 1. The third-order valence-electron chi connectivity index (χ3n) is 5.71. The number of hydrogen-bond acceptors (Lipinski definition) is 7. The van der Waals surface area contributed by atoms with Crippen molar-refractivity contribution in [2.45, 2.75) is 31.7 Å². The Labute approximate surface area is 213 Å². The summed E-state index contributed by atoms with van der Waals surface area (Å²) >= 11 is 7.01. The standard InChI is InChI=1S/C24H29ClN4O5S/c1-29-11-9-15-3-4-17(13-16(15)10-12-29)27-23(32)18(14-26-21(30)7-8-22(31)34-2)28-24(33)19-5-6-20(25)35-19/h3-6,13,18H,7-12,14H2,1-2H3,(H,26,30)(H,27,32)(H,28,33)/t18-/m1/s1. The highest BCUT2D eigenvalue weighted by atomic mass is 35.5. The van der Waals surface area contributed by atoms with Gasteiger partial charge in [-0.3, -0.25) is 19.2 Å². The van der Waals surface area contributed by atoms with Gasteiger partial charge in [-0.1, -0.05) is 17.7 Å². The van der Waals surface area contributed by atoms with E-state index in [0.29, 0.717) is 14.9 Å². The van der Waals surface area contributed by atoms with Gasteiger partial charge in [-0.15, -0.1) is 11.3 Å². The quantitative estimate of drug-likeness (QED) is 0.437.